The van der Waals surface area contributed by atoms with Crippen molar-refractivity contribution < 1.29 is 9.59 Å². The molecule has 21 heavy (non-hydrogen) atoms. The van der Waals surface area contributed by atoms with Gasteiger partial charge in [0, 0.05) is 24.3 Å². The minimum Gasteiger partial charge on any atom is -0.287 e. The van der Waals surface area contributed by atoms with Gasteiger partial charge in [-0.25, -0.2) is 0 Å². The second-order valence-electron chi connectivity index (χ2n) is 3.85. The fourth-order valence-electron chi connectivity index (χ4n) is 0.528. The monoisotopic (exact) mass is 420 g/mol. The molecule has 0 aromatic heterocycles. The molecule has 0 aromatic rings. The van der Waals surface area contributed by atoms with E-state index in [0.717, 1.165) is 40.5 Å². The van der Waals surface area contributed by atoms with E-state index in [0.29, 0.717) is 0 Å². The highest BCUT2D eigenvalue weighted by atomic mass is 33.1. The van der Waals surface area contributed by atoms with Crippen LogP contribution in [0.25, 0.3) is 0 Å². The van der Waals surface area contributed by atoms with Crippen LogP contribution in [0.15, 0.2) is 0 Å². The first-order chi connectivity index (χ1) is 9.56. The number of thiocarbonyl (C=S) groups is 2. The molecule has 1 rings (SSSR count). The van der Waals surface area contributed by atoms with Crippen LogP contribution in [0, 0.1) is 0 Å². The molecular formula is C12H20O2S7. The van der Waals surface area contributed by atoms with Gasteiger partial charge in [0.2, 0.25) is 0 Å². The van der Waals surface area contributed by atoms with Crippen LogP contribution in [0.2, 0.25) is 0 Å². The Morgan fingerprint density at radius 3 is 1.10 bits per heavy atom. The SMILES string of the molecule is CC(=O)SSC(C)=O.CC(=S)SSC(C)=S.CC1SC1C. The van der Waals surface area contributed by atoms with Gasteiger partial charge >= 0.3 is 0 Å². The van der Waals surface area contributed by atoms with Crippen molar-refractivity contribution in [2.45, 2.75) is 52.0 Å². The molecule has 0 radical (unpaired) electrons. The molecule has 1 aliphatic rings. The van der Waals surface area contributed by atoms with Crippen molar-refractivity contribution in [3.63, 3.8) is 0 Å². The highest BCUT2D eigenvalue weighted by Crippen LogP contribution is 2.39. The lowest BCUT2D eigenvalue weighted by Crippen LogP contribution is -1.79. The molecule has 0 amide bonds. The van der Waals surface area contributed by atoms with Crippen molar-refractivity contribution in [3.8, 4) is 0 Å². The molecule has 0 saturated carbocycles. The summed E-state index contributed by atoms with van der Waals surface area (Å²) in [6.07, 6.45) is 0. The van der Waals surface area contributed by atoms with Gasteiger partial charge in [-0.2, -0.15) is 11.8 Å². The van der Waals surface area contributed by atoms with E-state index in [1.165, 1.54) is 13.8 Å². The first-order valence-electron chi connectivity index (χ1n) is 5.93. The summed E-state index contributed by atoms with van der Waals surface area (Å²) in [5.41, 5.74) is 0. The van der Waals surface area contributed by atoms with Gasteiger partial charge in [0.1, 0.15) is 0 Å². The normalized spacial score (nSPS) is 18.4. The minimum atomic E-state index is -0.0369. The molecular weight excluding hydrogens is 401 g/mol. The van der Waals surface area contributed by atoms with Crippen molar-refractivity contribution in [2.75, 3.05) is 0 Å². The molecule has 1 heterocycles. The summed E-state index contributed by atoms with van der Waals surface area (Å²) in [5, 5.41) is 1.86. The fourth-order valence-corrected chi connectivity index (χ4v) is 3.60. The lowest BCUT2D eigenvalue weighted by Gasteiger charge is -1.91. The van der Waals surface area contributed by atoms with Gasteiger partial charge in [0.15, 0.2) is 10.2 Å². The summed E-state index contributed by atoms with van der Waals surface area (Å²) in [6, 6.07) is 0. The van der Waals surface area contributed by atoms with Crippen LogP contribution in [0.4, 0.5) is 0 Å². The van der Waals surface area contributed by atoms with Crippen molar-refractivity contribution in [2.24, 2.45) is 0 Å². The minimum absolute atomic E-state index is 0.0369. The van der Waals surface area contributed by atoms with Crippen molar-refractivity contribution >= 4 is 98.0 Å². The summed E-state index contributed by atoms with van der Waals surface area (Å²) in [4.78, 5) is 20.3. The van der Waals surface area contributed by atoms with Gasteiger partial charge in [0.25, 0.3) is 0 Å². The van der Waals surface area contributed by atoms with Gasteiger partial charge in [-0.1, -0.05) is 38.3 Å². The predicted octanol–water partition coefficient (Wildman–Crippen LogP) is 6.03. The highest BCUT2D eigenvalue weighted by molar-refractivity contribution is 8.89. The smallest absolute Gasteiger partial charge is 0.196 e. The number of carbonyl (C=O) groups excluding carboxylic acids is 2. The van der Waals surface area contributed by atoms with Crippen LogP contribution in [-0.2, 0) is 9.59 Å². The summed E-state index contributed by atoms with van der Waals surface area (Å²) in [7, 11) is 5.03. The average Bonchev–Trinajstić information content (AvgIpc) is 2.99. The topological polar surface area (TPSA) is 34.1 Å². The number of hydrogen-bond donors (Lipinski definition) is 0. The Balaban J connectivity index is 0. The third-order valence-corrected chi connectivity index (χ3v) is 8.57. The van der Waals surface area contributed by atoms with E-state index in [9.17, 15) is 9.59 Å². The van der Waals surface area contributed by atoms with Gasteiger partial charge in [0.05, 0.1) is 8.39 Å². The zero-order valence-corrected chi connectivity index (χ0v) is 18.5. The van der Waals surface area contributed by atoms with Crippen LogP contribution in [0.3, 0.4) is 0 Å². The standard InChI is InChI=1S/C4H6O2S2.C4H6S4.C4H8S/c2*1-3(5)7-8-4(2)6;1-3-4(2)5-3/h2*1-2H3;3-4H,1-2H3. The van der Waals surface area contributed by atoms with Gasteiger partial charge in [-0.15, -0.1) is 0 Å². The van der Waals surface area contributed by atoms with E-state index in [1.54, 1.807) is 21.6 Å². The Labute approximate surface area is 158 Å². The summed E-state index contributed by atoms with van der Waals surface area (Å²) in [5.74, 6) is 0. The maximum atomic E-state index is 10.1. The van der Waals surface area contributed by atoms with Crippen molar-refractivity contribution in [1.82, 2.24) is 0 Å². The Morgan fingerprint density at radius 2 is 1.00 bits per heavy atom. The summed E-state index contributed by atoms with van der Waals surface area (Å²) in [6.45, 7) is 11.2. The van der Waals surface area contributed by atoms with Gasteiger partial charge in [-0.3, -0.25) is 9.59 Å². The molecule has 2 unspecified atom stereocenters. The predicted molar refractivity (Wildman–Crippen MR) is 115 cm³/mol. The number of rotatable bonds is 0. The molecule has 1 saturated heterocycles. The van der Waals surface area contributed by atoms with E-state index in [1.807, 2.05) is 25.6 Å². The van der Waals surface area contributed by atoms with Crippen LogP contribution in [0.5, 0.6) is 0 Å². The van der Waals surface area contributed by atoms with E-state index in [4.69, 9.17) is 24.4 Å². The van der Waals surface area contributed by atoms with Crippen molar-refractivity contribution in [1.29, 1.82) is 0 Å². The van der Waals surface area contributed by atoms with Crippen LogP contribution in [-0.4, -0.2) is 29.1 Å². The molecule has 0 aromatic carbocycles. The van der Waals surface area contributed by atoms with E-state index in [-0.39, 0.29) is 10.2 Å². The Hall–Kier alpha value is 1.27. The average molecular weight is 421 g/mol. The van der Waals surface area contributed by atoms with E-state index >= 15 is 0 Å². The molecule has 0 N–H and O–H groups in total. The Bertz CT molecular complexity index is 309. The summed E-state index contributed by atoms with van der Waals surface area (Å²) >= 11 is 11.6. The molecule has 1 fully saturated rings. The van der Waals surface area contributed by atoms with Crippen molar-refractivity contribution in [3.05, 3.63) is 0 Å². The number of thioether (sulfide) groups is 1. The molecule has 9 heteroatoms. The quantitative estimate of drug-likeness (QED) is 0.265. The third kappa shape index (κ3) is 26.5. The molecule has 122 valence electrons. The first-order valence-corrected chi connectivity index (χ1v) is 12.0. The first kappa shape index (κ1) is 24.5. The second kappa shape index (κ2) is 14.8. The zero-order chi connectivity index (χ0) is 17.0. The maximum Gasteiger partial charge on any atom is 0.196 e. The molecule has 0 aliphatic carbocycles. The third-order valence-electron chi connectivity index (χ3n) is 1.57. The molecule has 0 spiro atoms. The maximum absolute atomic E-state index is 10.1. The highest BCUT2D eigenvalue weighted by Gasteiger charge is 2.27. The number of hydrogen-bond acceptors (Lipinski definition) is 9. The van der Waals surface area contributed by atoms with Gasteiger partial charge < -0.3 is 0 Å². The van der Waals surface area contributed by atoms with Crippen LogP contribution < -0.4 is 0 Å². The Morgan fingerprint density at radius 1 is 0.762 bits per heavy atom. The Kier molecular flexibility index (Phi) is 17.3. The van der Waals surface area contributed by atoms with E-state index < -0.39 is 0 Å². The summed E-state index contributed by atoms with van der Waals surface area (Å²) < 4.78 is 1.86. The number of carbonyl (C=O) groups is 2. The van der Waals surface area contributed by atoms with E-state index in [2.05, 4.69) is 13.8 Å². The molecule has 2 atom stereocenters. The van der Waals surface area contributed by atoms with Gasteiger partial charge in [-0.05, 0) is 57.0 Å². The largest absolute Gasteiger partial charge is 0.287 e. The lowest BCUT2D eigenvalue weighted by molar-refractivity contribution is -0.110. The van der Waals surface area contributed by atoms with Crippen LogP contribution in [0.1, 0.15) is 41.5 Å². The molecule has 0 bridgehead atoms. The fraction of sp³-hybridized carbons (Fsp3) is 0.667. The zero-order valence-electron chi connectivity index (χ0n) is 12.8. The van der Waals surface area contributed by atoms with Crippen LogP contribution >= 0.6 is 79.4 Å². The lowest BCUT2D eigenvalue weighted by atomic mass is 10.4. The second-order valence-corrected chi connectivity index (χ2v) is 12.4. The molecule has 1 aliphatic heterocycles. The molecule has 2 nitrogen and oxygen atoms in total.